The van der Waals surface area contributed by atoms with Crippen molar-refractivity contribution < 1.29 is 4.74 Å². The van der Waals surface area contributed by atoms with E-state index in [0.717, 1.165) is 11.3 Å². The zero-order valence-corrected chi connectivity index (χ0v) is 7.69. The van der Waals surface area contributed by atoms with Gasteiger partial charge in [-0.1, -0.05) is 5.21 Å². The summed E-state index contributed by atoms with van der Waals surface area (Å²) >= 11 is 0. The molecule has 14 heavy (non-hydrogen) atoms. The zero-order valence-electron chi connectivity index (χ0n) is 7.69. The number of pyridine rings is 1. The second-order valence-electron chi connectivity index (χ2n) is 2.59. The van der Waals surface area contributed by atoms with E-state index < -0.39 is 0 Å². The van der Waals surface area contributed by atoms with Gasteiger partial charge in [0.25, 0.3) is 0 Å². The minimum Gasteiger partial charge on any atom is -0.493 e. The highest BCUT2D eigenvalue weighted by molar-refractivity contribution is 5.63. The van der Waals surface area contributed by atoms with Crippen LogP contribution in [0.2, 0.25) is 0 Å². The summed E-state index contributed by atoms with van der Waals surface area (Å²) in [6.45, 7) is 2.52. The maximum Gasteiger partial charge on any atom is 0.132 e. The molecule has 2 rings (SSSR count). The fraction of sp³-hybridized carbons (Fsp3) is 0.222. The number of nitrogens with zero attached hydrogens (tertiary/aromatic N) is 3. The minimum absolute atomic E-state index is 0.600. The molecule has 0 saturated heterocycles. The van der Waals surface area contributed by atoms with Gasteiger partial charge in [0.05, 0.1) is 18.4 Å². The highest BCUT2D eigenvalue weighted by atomic mass is 16.5. The molecule has 2 aromatic rings. The maximum absolute atomic E-state index is 5.41. The van der Waals surface area contributed by atoms with Crippen LogP contribution in [0.5, 0.6) is 5.75 Å². The lowest BCUT2D eigenvalue weighted by atomic mass is 10.2. The summed E-state index contributed by atoms with van der Waals surface area (Å²) < 4.78 is 5.41. The third-order valence-corrected chi connectivity index (χ3v) is 1.70. The summed E-state index contributed by atoms with van der Waals surface area (Å²) in [5, 5.41) is 10.1. The number of aromatic nitrogens is 4. The van der Waals surface area contributed by atoms with Gasteiger partial charge in [0, 0.05) is 6.20 Å². The Hall–Kier alpha value is -1.91. The van der Waals surface area contributed by atoms with Crippen LogP contribution in [0.25, 0.3) is 11.3 Å². The van der Waals surface area contributed by atoms with Crippen molar-refractivity contribution in [1.29, 1.82) is 0 Å². The summed E-state index contributed by atoms with van der Waals surface area (Å²) in [4.78, 5) is 3.90. The fourth-order valence-corrected chi connectivity index (χ4v) is 1.13. The molecule has 71 valence electrons. The smallest absolute Gasteiger partial charge is 0.132 e. The molecule has 0 saturated carbocycles. The van der Waals surface area contributed by atoms with E-state index in [1.54, 1.807) is 18.5 Å². The Morgan fingerprint density at radius 1 is 1.57 bits per heavy atom. The Labute approximate surface area is 81.1 Å². The largest absolute Gasteiger partial charge is 0.493 e. The van der Waals surface area contributed by atoms with Gasteiger partial charge in [0.15, 0.2) is 0 Å². The third kappa shape index (κ3) is 1.56. The molecule has 0 aliphatic rings. The van der Waals surface area contributed by atoms with Gasteiger partial charge < -0.3 is 4.74 Å². The molecule has 5 heteroatoms. The zero-order chi connectivity index (χ0) is 9.80. The molecular weight excluding hydrogens is 180 g/mol. The Balaban J connectivity index is 2.42. The lowest BCUT2D eigenvalue weighted by Crippen LogP contribution is -1.94. The summed E-state index contributed by atoms with van der Waals surface area (Å²) in [5.74, 6) is 0.719. The molecule has 0 amide bonds. The van der Waals surface area contributed by atoms with Gasteiger partial charge in [0.2, 0.25) is 0 Å². The third-order valence-electron chi connectivity index (χ3n) is 1.70. The lowest BCUT2D eigenvalue weighted by Gasteiger charge is -2.05. The van der Waals surface area contributed by atoms with Gasteiger partial charge >= 0.3 is 0 Å². The fourth-order valence-electron chi connectivity index (χ4n) is 1.13. The standard InChI is InChI=1S/C9H9N4O/c1-2-14-9-3-4-10-5-7(9)8-6-11-13-12-8/h3-4,6H,2H2,1H3,(H,11,12,13). The van der Waals surface area contributed by atoms with E-state index in [2.05, 4.69) is 26.6 Å². The first-order chi connectivity index (χ1) is 6.92. The van der Waals surface area contributed by atoms with Gasteiger partial charge in [-0.15, -0.1) is 5.10 Å². The summed E-state index contributed by atoms with van der Waals surface area (Å²) in [5.41, 5.74) is 1.41. The summed E-state index contributed by atoms with van der Waals surface area (Å²) in [6.07, 6.45) is 6.14. The van der Waals surface area contributed by atoms with E-state index in [-0.39, 0.29) is 0 Å². The van der Waals surface area contributed by atoms with Crippen LogP contribution in [-0.4, -0.2) is 27.0 Å². The Morgan fingerprint density at radius 2 is 2.50 bits per heavy atom. The van der Waals surface area contributed by atoms with E-state index in [1.165, 1.54) is 0 Å². The van der Waals surface area contributed by atoms with Crippen LogP contribution in [0.4, 0.5) is 0 Å². The number of nitrogens with one attached hydrogen (secondary N) is 1. The van der Waals surface area contributed by atoms with Crippen molar-refractivity contribution in [3.63, 3.8) is 0 Å². The Bertz CT molecular complexity index is 399. The molecule has 0 aliphatic heterocycles. The first kappa shape index (κ1) is 8.68. The number of ether oxygens (including phenoxy) is 1. The number of hydrogen-bond acceptors (Lipinski definition) is 4. The van der Waals surface area contributed by atoms with Crippen molar-refractivity contribution in [3.8, 4) is 17.0 Å². The Kier molecular flexibility index (Phi) is 2.40. The molecule has 5 nitrogen and oxygen atoms in total. The van der Waals surface area contributed by atoms with Crippen LogP contribution >= 0.6 is 0 Å². The molecule has 0 aliphatic carbocycles. The second kappa shape index (κ2) is 3.87. The molecule has 1 radical (unpaired) electrons. The van der Waals surface area contributed by atoms with Crippen LogP contribution in [0.1, 0.15) is 6.92 Å². The molecule has 2 heterocycles. The summed E-state index contributed by atoms with van der Waals surface area (Å²) in [6, 6.07) is 1.78. The highest BCUT2D eigenvalue weighted by Crippen LogP contribution is 2.25. The molecule has 1 N–H and O–H groups in total. The number of rotatable bonds is 3. The number of aromatic amines is 1. The second-order valence-corrected chi connectivity index (χ2v) is 2.59. The number of H-pyrrole nitrogens is 1. The molecular formula is C9H9N4O. The van der Waals surface area contributed by atoms with Crippen molar-refractivity contribution >= 4 is 0 Å². The van der Waals surface area contributed by atoms with Crippen LogP contribution in [0.15, 0.2) is 18.5 Å². The van der Waals surface area contributed by atoms with Crippen molar-refractivity contribution in [1.82, 2.24) is 20.4 Å². The SMILES string of the molecule is CCOc1ccn[c]c1-c1c[nH]nn1. The van der Waals surface area contributed by atoms with Gasteiger partial charge in [0.1, 0.15) is 17.6 Å². The van der Waals surface area contributed by atoms with Gasteiger partial charge in [-0.3, -0.25) is 10.1 Å². The first-order valence-electron chi connectivity index (χ1n) is 4.28. The van der Waals surface area contributed by atoms with Crippen molar-refractivity contribution in [2.45, 2.75) is 6.92 Å². The topological polar surface area (TPSA) is 63.7 Å². The van der Waals surface area contributed by atoms with Crippen molar-refractivity contribution in [2.24, 2.45) is 0 Å². The first-order valence-corrected chi connectivity index (χ1v) is 4.28. The highest BCUT2D eigenvalue weighted by Gasteiger charge is 2.08. The van der Waals surface area contributed by atoms with E-state index in [1.807, 2.05) is 6.92 Å². The molecule has 0 spiro atoms. The van der Waals surface area contributed by atoms with E-state index in [4.69, 9.17) is 4.74 Å². The van der Waals surface area contributed by atoms with Gasteiger partial charge in [-0.2, -0.15) is 0 Å². The monoisotopic (exact) mass is 189 g/mol. The van der Waals surface area contributed by atoms with Crippen LogP contribution in [0.3, 0.4) is 0 Å². The molecule has 0 atom stereocenters. The summed E-state index contributed by atoms with van der Waals surface area (Å²) in [7, 11) is 0. The molecule has 0 fully saturated rings. The van der Waals surface area contributed by atoms with Crippen molar-refractivity contribution in [2.75, 3.05) is 6.61 Å². The minimum atomic E-state index is 0.600. The normalized spacial score (nSPS) is 10.1. The average Bonchev–Trinajstić information content (AvgIpc) is 2.72. The van der Waals surface area contributed by atoms with E-state index in [9.17, 15) is 0 Å². The predicted molar refractivity (Wildman–Crippen MR) is 49.6 cm³/mol. The van der Waals surface area contributed by atoms with Gasteiger partial charge in [-0.05, 0) is 13.0 Å². The van der Waals surface area contributed by atoms with Crippen LogP contribution < -0.4 is 4.74 Å². The number of hydrogen-bond donors (Lipinski definition) is 1. The molecule has 0 bridgehead atoms. The van der Waals surface area contributed by atoms with Crippen LogP contribution in [-0.2, 0) is 0 Å². The maximum atomic E-state index is 5.41. The van der Waals surface area contributed by atoms with E-state index >= 15 is 0 Å². The Morgan fingerprint density at radius 3 is 3.21 bits per heavy atom. The quantitative estimate of drug-likeness (QED) is 0.784. The molecule has 0 aromatic carbocycles. The predicted octanol–water partition coefficient (Wildman–Crippen LogP) is 1.07. The lowest BCUT2D eigenvalue weighted by molar-refractivity contribution is 0.341. The van der Waals surface area contributed by atoms with E-state index in [0.29, 0.717) is 12.3 Å². The average molecular weight is 189 g/mol. The molecule has 0 unspecified atom stereocenters. The van der Waals surface area contributed by atoms with Crippen molar-refractivity contribution in [3.05, 3.63) is 24.7 Å². The molecule has 2 aromatic heterocycles. The van der Waals surface area contributed by atoms with Crippen LogP contribution in [0, 0.1) is 6.20 Å². The van der Waals surface area contributed by atoms with Gasteiger partial charge in [-0.25, -0.2) is 0 Å².